The molecule has 0 bridgehead atoms. The molecule has 1 aliphatic heterocycles. The zero-order valence-electron chi connectivity index (χ0n) is 11.0. The molecule has 0 spiro atoms. The summed E-state index contributed by atoms with van der Waals surface area (Å²) in [7, 11) is -2.81. The van der Waals surface area contributed by atoms with Crippen molar-refractivity contribution in [3.05, 3.63) is 17.0 Å². The molecule has 0 saturated carbocycles. The summed E-state index contributed by atoms with van der Waals surface area (Å²) in [6.07, 6.45) is 2.18. The number of nitrogens with two attached hydrogens (primary N) is 1. The summed E-state index contributed by atoms with van der Waals surface area (Å²) in [5, 5.41) is 4.57. The molecule has 0 radical (unpaired) electrons. The third kappa shape index (κ3) is 2.59. The molecule has 102 valence electrons. The van der Waals surface area contributed by atoms with Gasteiger partial charge in [-0.1, -0.05) is 0 Å². The first-order chi connectivity index (χ1) is 8.44. The number of nitrogens with zero attached hydrogens (tertiary/aromatic N) is 2. The van der Waals surface area contributed by atoms with Gasteiger partial charge in [0.15, 0.2) is 0 Å². The lowest BCUT2D eigenvalue weighted by Crippen LogP contribution is -2.26. The van der Waals surface area contributed by atoms with Crippen LogP contribution in [0.15, 0.2) is 0 Å². The molecular formula is C12H21N3O2S. The lowest BCUT2D eigenvalue weighted by Gasteiger charge is -2.23. The summed E-state index contributed by atoms with van der Waals surface area (Å²) >= 11 is 0. The summed E-state index contributed by atoms with van der Waals surface area (Å²) in [6.45, 7) is 4.66. The van der Waals surface area contributed by atoms with E-state index in [4.69, 9.17) is 5.73 Å². The van der Waals surface area contributed by atoms with Crippen LogP contribution in [0.2, 0.25) is 0 Å². The zero-order valence-corrected chi connectivity index (χ0v) is 11.8. The van der Waals surface area contributed by atoms with Crippen LogP contribution < -0.4 is 5.73 Å². The monoisotopic (exact) mass is 271 g/mol. The molecule has 2 heterocycles. The molecular weight excluding hydrogens is 250 g/mol. The highest BCUT2D eigenvalue weighted by atomic mass is 32.2. The minimum absolute atomic E-state index is 0.221. The predicted octanol–water partition coefficient (Wildman–Crippen LogP) is 0.751. The highest BCUT2D eigenvalue weighted by molar-refractivity contribution is 7.91. The Balaban J connectivity index is 2.22. The van der Waals surface area contributed by atoms with Gasteiger partial charge >= 0.3 is 0 Å². The molecule has 1 aromatic rings. The first-order valence-corrected chi connectivity index (χ1v) is 8.22. The lowest BCUT2D eigenvalue weighted by atomic mass is 10.1. The fourth-order valence-electron chi connectivity index (χ4n) is 2.68. The van der Waals surface area contributed by atoms with Gasteiger partial charge in [-0.25, -0.2) is 8.42 Å². The molecule has 2 N–H and O–H groups in total. The predicted molar refractivity (Wildman–Crippen MR) is 71.4 cm³/mol. The Bertz CT molecular complexity index is 520. The van der Waals surface area contributed by atoms with Crippen molar-refractivity contribution in [3.63, 3.8) is 0 Å². The second kappa shape index (κ2) is 5.01. The lowest BCUT2D eigenvalue weighted by molar-refractivity contribution is 0.404. The molecule has 6 heteroatoms. The van der Waals surface area contributed by atoms with Gasteiger partial charge < -0.3 is 5.73 Å². The fraction of sp³-hybridized carbons (Fsp3) is 0.750. The minimum atomic E-state index is -2.81. The number of hydrogen-bond donors (Lipinski definition) is 1. The van der Waals surface area contributed by atoms with E-state index in [0.29, 0.717) is 19.4 Å². The van der Waals surface area contributed by atoms with Crippen LogP contribution >= 0.6 is 0 Å². The quantitative estimate of drug-likeness (QED) is 0.880. The number of sulfone groups is 1. The van der Waals surface area contributed by atoms with Gasteiger partial charge in [-0.3, -0.25) is 4.68 Å². The molecule has 0 unspecified atom stereocenters. The summed E-state index contributed by atoms with van der Waals surface area (Å²) in [5.41, 5.74) is 8.98. The van der Waals surface area contributed by atoms with Crippen molar-refractivity contribution in [3.8, 4) is 0 Å². The Morgan fingerprint density at radius 2 is 1.94 bits per heavy atom. The summed E-state index contributed by atoms with van der Waals surface area (Å²) < 4.78 is 24.9. The van der Waals surface area contributed by atoms with Crippen LogP contribution in [0.5, 0.6) is 0 Å². The normalized spacial score (nSPS) is 20.2. The van der Waals surface area contributed by atoms with Crippen molar-refractivity contribution in [2.45, 2.75) is 39.2 Å². The van der Waals surface area contributed by atoms with Crippen molar-refractivity contribution >= 4 is 9.84 Å². The third-order valence-electron chi connectivity index (χ3n) is 3.74. The average Bonchev–Trinajstić information content (AvgIpc) is 2.58. The molecule has 5 nitrogen and oxygen atoms in total. The first-order valence-electron chi connectivity index (χ1n) is 6.39. The summed E-state index contributed by atoms with van der Waals surface area (Å²) in [6, 6.07) is 0.221. The highest BCUT2D eigenvalue weighted by Gasteiger charge is 2.27. The van der Waals surface area contributed by atoms with Gasteiger partial charge in [0, 0.05) is 5.69 Å². The van der Waals surface area contributed by atoms with E-state index < -0.39 is 9.84 Å². The summed E-state index contributed by atoms with van der Waals surface area (Å²) in [4.78, 5) is 0. The Morgan fingerprint density at radius 1 is 1.33 bits per heavy atom. The molecule has 2 rings (SSSR count). The number of rotatable bonds is 3. The molecule has 18 heavy (non-hydrogen) atoms. The second-order valence-electron chi connectivity index (χ2n) is 5.02. The van der Waals surface area contributed by atoms with Gasteiger partial charge in [-0.05, 0) is 45.2 Å². The Kier molecular flexibility index (Phi) is 3.77. The molecule has 1 saturated heterocycles. The van der Waals surface area contributed by atoms with E-state index in [1.165, 1.54) is 5.56 Å². The van der Waals surface area contributed by atoms with Crippen molar-refractivity contribution in [2.24, 2.45) is 5.73 Å². The topological polar surface area (TPSA) is 78.0 Å². The maximum atomic E-state index is 11.4. The standard InChI is InChI=1S/C12H21N3O2S/c1-9-12(3-6-13)10(2)15(14-9)11-4-7-18(16,17)8-5-11/h11H,3-8,13H2,1-2H3. The number of aryl methyl sites for hydroxylation is 1. The van der Waals surface area contributed by atoms with Gasteiger partial charge in [-0.2, -0.15) is 5.10 Å². The SMILES string of the molecule is Cc1nn(C2CCS(=O)(=O)CC2)c(C)c1CCN. The highest BCUT2D eigenvalue weighted by Crippen LogP contribution is 2.27. The van der Waals surface area contributed by atoms with Crippen molar-refractivity contribution < 1.29 is 8.42 Å². The van der Waals surface area contributed by atoms with E-state index in [9.17, 15) is 8.42 Å². The number of aromatic nitrogens is 2. The molecule has 0 aliphatic carbocycles. The maximum absolute atomic E-state index is 11.4. The largest absolute Gasteiger partial charge is 0.330 e. The molecule has 1 aromatic heterocycles. The van der Waals surface area contributed by atoms with Gasteiger partial charge in [-0.15, -0.1) is 0 Å². The van der Waals surface area contributed by atoms with Crippen LogP contribution in [-0.4, -0.2) is 36.2 Å². The minimum Gasteiger partial charge on any atom is -0.330 e. The molecule has 1 fully saturated rings. The fourth-order valence-corrected chi connectivity index (χ4v) is 4.15. The Hall–Kier alpha value is -0.880. The van der Waals surface area contributed by atoms with Crippen LogP contribution in [0.1, 0.15) is 35.8 Å². The summed E-state index contributed by atoms with van der Waals surface area (Å²) in [5.74, 6) is 0.560. The van der Waals surface area contributed by atoms with E-state index in [1.54, 1.807) is 0 Å². The smallest absolute Gasteiger partial charge is 0.150 e. The Labute approximate surface area is 108 Å². The van der Waals surface area contributed by atoms with Crippen LogP contribution in [0.3, 0.4) is 0 Å². The molecule has 1 aliphatic rings. The van der Waals surface area contributed by atoms with E-state index in [1.807, 2.05) is 18.5 Å². The molecule has 0 aromatic carbocycles. The maximum Gasteiger partial charge on any atom is 0.150 e. The van der Waals surface area contributed by atoms with Crippen LogP contribution in [-0.2, 0) is 16.3 Å². The van der Waals surface area contributed by atoms with E-state index in [2.05, 4.69) is 5.10 Å². The van der Waals surface area contributed by atoms with Crippen molar-refractivity contribution in [2.75, 3.05) is 18.1 Å². The van der Waals surface area contributed by atoms with E-state index >= 15 is 0 Å². The molecule has 0 amide bonds. The van der Waals surface area contributed by atoms with Gasteiger partial charge in [0.1, 0.15) is 9.84 Å². The van der Waals surface area contributed by atoms with Gasteiger partial charge in [0.05, 0.1) is 23.2 Å². The van der Waals surface area contributed by atoms with Crippen LogP contribution in [0, 0.1) is 13.8 Å². The average molecular weight is 271 g/mol. The number of hydrogen-bond acceptors (Lipinski definition) is 4. The van der Waals surface area contributed by atoms with Gasteiger partial charge in [0.25, 0.3) is 0 Å². The molecule has 0 atom stereocenters. The Morgan fingerprint density at radius 3 is 2.50 bits per heavy atom. The zero-order chi connectivity index (χ0) is 13.3. The van der Waals surface area contributed by atoms with Crippen LogP contribution in [0.4, 0.5) is 0 Å². The van der Waals surface area contributed by atoms with Crippen LogP contribution in [0.25, 0.3) is 0 Å². The van der Waals surface area contributed by atoms with Crippen molar-refractivity contribution in [1.82, 2.24) is 9.78 Å². The second-order valence-corrected chi connectivity index (χ2v) is 7.32. The van der Waals surface area contributed by atoms with E-state index in [0.717, 1.165) is 17.8 Å². The third-order valence-corrected chi connectivity index (χ3v) is 5.45. The van der Waals surface area contributed by atoms with Crippen molar-refractivity contribution in [1.29, 1.82) is 0 Å². The van der Waals surface area contributed by atoms with Gasteiger partial charge in [0.2, 0.25) is 0 Å². The van der Waals surface area contributed by atoms with E-state index in [-0.39, 0.29) is 17.5 Å². The first kappa shape index (κ1) is 13.5.